The number of thioether (sulfide) groups is 1. The Labute approximate surface area is 139 Å². The fourth-order valence-corrected chi connectivity index (χ4v) is 2.36. The number of rotatable bonds is 6. The second-order valence-corrected chi connectivity index (χ2v) is 6.17. The Morgan fingerprint density at radius 2 is 1.77 bits per heavy atom. The van der Waals surface area contributed by atoms with E-state index in [4.69, 9.17) is 4.74 Å². The Morgan fingerprint density at radius 1 is 1.14 bits per heavy atom. The number of hydrogen-bond acceptors (Lipinski definition) is 3. The third kappa shape index (κ3) is 5.65. The lowest BCUT2D eigenvalue weighted by Crippen LogP contribution is -2.20. The molecule has 0 aliphatic heterocycles. The molecular weight excluding hydrogens is 376 g/mol. The molecule has 116 valence electrons. The zero-order chi connectivity index (χ0) is 15.9. The minimum atomic E-state index is -2.46. The normalized spacial score (nSPS) is 10.5. The molecule has 7 heteroatoms. The van der Waals surface area contributed by atoms with Crippen LogP contribution in [0.3, 0.4) is 0 Å². The van der Waals surface area contributed by atoms with Crippen LogP contribution in [-0.2, 0) is 4.79 Å². The van der Waals surface area contributed by atoms with E-state index in [1.165, 1.54) is 12.1 Å². The molecule has 0 saturated heterocycles. The van der Waals surface area contributed by atoms with Gasteiger partial charge in [0.1, 0.15) is 5.75 Å². The molecule has 0 heterocycles. The van der Waals surface area contributed by atoms with E-state index in [2.05, 4.69) is 21.2 Å². The van der Waals surface area contributed by atoms with Crippen LogP contribution >= 0.6 is 27.7 Å². The lowest BCUT2D eigenvalue weighted by molar-refractivity contribution is -0.118. The lowest BCUT2D eigenvalue weighted by atomic mass is 10.3. The number of carbonyl (C=O) groups is 1. The topological polar surface area (TPSA) is 38.3 Å². The molecule has 0 fully saturated rings. The Bertz CT molecular complexity index is 620. The van der Waals surface area contributed by atoms with Gasteiger partial charge in [0.15, 0.2) is 6.61 Å². The number of amides is 1. The fourth-order valence-electron chi connectivity index (χ4n) is 1.60. The van der Waals surface area contributed by atoms with Gasteiger partial charge in [0.25, 0.3) is 11.7 Å². The lowest BCUT2D eigenvalue weighted by Gasteiger charge is -2.08. The largest absolute Gasteiger partial charge is 0.484 e. The molecule has 1 amide bonds. The van der Waals surface area contributed by atoms with E-state index in [-0.39, 0.29) is 12.5 Å². The molecule has 0 radical (unpaired) electrons. The number of anilines is 1. The van der Waals surface area contributed by atoms with Crippen LogP contribution in [0.4, 0.5) is 14.5 Å². The molecule has 0 aliphatic carbocycles. The summed E-state index contributed by atoms with van der Waals surface area (Å²) in [5.41, 5.74) is 0.531. The van der Waals surface area contributed by atoms with E-state index in [0.717, 1.165) is 4.47 Å². The van der Waals surface area contributed by atoms with Crippen molar-refractivity contribution >= 4 is 39.3 Å². The molecule has 0 aromatic heterocycles. The molecule has 0 bridgehead atoms. The van der Waals surface area contributed by atoms with Gasteiger partial charge in [-0.05, 0) is 48.5 Å². The van der Waals surface area contributed by atoms with Gasteiger partial charge in [0.05, 0.1) is 0 Å². The van der Waals surface area contributed by atoms with Crippen molar-refractivity contribution in [2.24, 2.45) is 0 Å². The fraction of sp³-hybridized carbons (Fsp3) is 0.133. The standard InChI is InChI=1S/C15H12BrF2NO2S/c16-10-1-5-12(6-2-10)21-9-14(20)19-11-3-7-13(8-4-11)22-15(17)18/h1-8,15H,9H2,(H,19,20). The van der Waals surface area contributed by atoms with E-state index in [1.807, 2.05) is 12.1 Å². The summed E-state index contributed by atoms with van der Waals surface area (Å²) < 4.78 is 30.6. The number of carbonyl (C=O) groups excluding carboxylic acids is 1. The number of hydrogen-bond donors (Lipinski definition) is 1. The van der Waals surface area contributed by atoms with E-state index < -0.39 is 5.76 Å². The third-order valence-electron chi connectivity index (χ3n) is 2.55. The van der Waals surface area contributed by atoms with E-state index in [0.29, 0.717) is 28.1 Å². The van der Waals surface area contributed by atoms with Gasteiger partial charge in [0.2, 0.25) is 0 Å². The zero-order valence-corrected chi connectivity index (χ0v) is 13.7. The summed E-state index contributed by atoms with van der Waals surface area (Å²) in [6, 6.07) is 13.3. The first kappa shape index (κ1) is 16.8. The summed E-state index contributed by atoms with van der Waals surface area (Å²) in [4.78, 5) is 12.2. The van der Waals surface area contributed by atoms with E-state index in [9.17, 15) is 13.6 Å². The molecule has 0 aliphatic rings. The second kappa shape index (κ2) is 8.14. The summed E-state index contributed by atoms with van der Waals surface area (Å²) in [6.45, 7) is -0.130. The highest BCUT2D eigenvalue weighted by atomic mass is 79.9. The Hall–Kier alpha value is -1.60. The van der Waals surface area contributed by atoms with Gasteiger partial charge >= 0.3 is 0 Å². The minimum absolute atomic E-state index is 0.130. The highest BCUT2D eigenvalue weighted by molar-refractivity contribution is 9.10. The molecular formula is C15H12BrF2NO2S. The van der Waals surface area contributed by atoms with Crippen molar-refractivity contribution in [1.82, 2.24) is 0 Å². The van der Waals surface area contributed by atoms with Crippen molar-refractivity contribution in [1.29, 1.82) is 0 Å². The van der Waals surface area contributed by atoms with Gasteiger partial charge in [-0.25, -0.2) is 0 Å². The van der Waals surface area contributed by atoms with Crippen LogP contribution in [0, 0.1) is 0 Å². The van der Waals surface area contributed by atoms with Gasteiger partial charge in [-0.15, -0.1) is 0 Å². The quantitative estimate of drug-likeness (QED) is 0.724. The summed E-state index contributed by atoms with van der Waals surface area (Å²) in [5.74, 6) is -2.20. The van der Waals surface area contributed by atoms with Crippen LogP contribution in [0.1, 0.15) is 0 Å². The highest BCUT2D eigenvalue weighted by Crippen LogP contribution is 2.26. The zero-order valence-electron chi connectivity index (χ0n) is 11.3. The molecule has 0 spiro atoms. The summed E-state index contributed by atoms with van der Waals surface area (Å²) >= 11 is 3.77. The number of ether oxygens (including phenoxy) is 1. The van der Waals surface area contributed by atoms with Crippen molar-refractivity contribution in [3.05, 3.63) is 53.0 Å². The molecule has 0 saturated carbocycles. The summed E-state index contributed by atoms with van der Waals surface area (Å²) in [5, 5.41) is 2.63. The number of benzene rings is 2. The first-order valence-electron chi connectivity index (χ1n) is 6.26. The highest BCUT2D eigenvalue weighted by Gasteiger charge is 2.07. The van der Waals surface area contributed by atoms with Crippen LogP contribution in [0.25, 0.3) is 0 Å². The maximum atomic E-state index is 12.2. The molecule has 2 aromatic rings. The maximum absolute atomic E-state index is 12.2. The van der Waals surface area contributed by atoms with Crippen LogP contribution in [0.5, 0.6) is 5.75 Å². The first-order valence-corrected chi connectivity index (χ1v) is 7.93. The Balaban J connectivity index is 1.82. The van der Waals surface area contributed by atoms with E-state index >= 15 is 0 Å². The summed E-state index contributed by atoms with van der Waals surface area (Å²) in [7, 11) is 0. The smallest absolute Gasteiger partial charge is 0.288 e. The van der Waals surface area contributed by atoms with Gasteiger partial charge in [0, 0.05) is 15.1 Å². The van der Waals surface area contributed by atoms with Crippen molar-refractivity contribution in [2.45, 2.75) is 10.7 Å². The van der Waals surface area contributed by atoms with Gasteiger partial charge in [-0.3, -0.25) is 4.79 Å². The average Bonchev–Trinajstić information content (AvgIpc) is 2.48. The average molecular weight is 388 g/mol. The predicted octanol–water partition coefficient (Wildman–Crippen LogP) is 4.78. The SMILES string of the molecule is O=C(COc1ccc(Br)cc1)Nc1ccc(SC(F)F)cc1. The molecule has 0 unspecified atom stereocenters. The molecule has 3 nitrogen and oxygen atoms in total. The van der Waals surface area contributed by atoms with Crippen LogP contribution in [-0.4, -0.2) is 18.3 Å². The molecule has 0 atom stereocenters. The molecule has 22 heavy (non-hydrogen) atoms. The number of halogens is 3. The van der Waals surface area contributed by atoms with Gasteiger partial charge < -0.3 is 10.1 Å². The van der Waals surface area contributed by atoms with Crippen LogP contribution < -0.4 is 10.1 Å². The summed E-state index contributed by atoms with van der Waals surface area (Å²) in [6.07, 6.45) is 0. The Morgan fingerprint density at radius 3 is 2.36 bits per heavy atom. The minimum Gasteiger partial charge on any atom is -0.484 e. The third-order valence-corrected chi connectivity index (χ3v) is 3.80. The Kier molecular flexibility index (Phi) is 6.21. The van der Waals surface area contributed by atoms with Gasteiger partial charge in [-0.2, -0.15) is 8.78 Å². The van der Waals surface area contributed by atoms with Crippen molar-refractivity contribution in [3.8, 4) is 5.75 Å². The number of alkyl halides is 2. The van der Waals surface area contributed by atoms with Crippen molar-refractivity contribution in [3.63, 3.8) is 0 Å². The second-order valence-electron chi connectivity index (χ2n) is 4.19. The van der Waals surface area contributed by atoms with Gasteiger partial charge in [-0.1, -0.05) is 27.7 Å². The molecule has 2 rings (SSSR count). The van der Waals surface area contributed by atoms with Crippen molar-refractivity contribution in [2.75, 3.05) is 11.9 Å². The molecule has 1 N–H and O–H groups in total. The monoisotopic (exact) mass is 387 g/mol. The predicted molar refractivity (Wildman–Crippen MR) is 86.6 cm³/mol. The number of nitrogens with one attached hydrogen (secondary N) is 1. The van der Waals surface area contributed by atoms with Crippen molar-refractivity contribution < 1.29 is 18.3 Å². The van der Waals surface area contributed by atoms with Crippen LogP contribution in [0.15, 0.2) is 57.9 Å². The van der Waals surface area contributed by atoms with E-state index in [1.54, 1.807) is 24.3 Å². The maximum Gasteiger partial charge on any atom is 0.288 e. The van der Waals surface area contributed by atoms with Crippen LogP contribution in [0.2, 0.25) is 0 Å². The first-order chi connectivity index (χ1) is 10.5. The molecule has 2 aromatic carbocycles.